The van der Waals surface area contributed by atoms with E-state index >= 15 is 0 Å². The van der Waals surface area contributed by atoms with Crippen molar-refractivity contribution in [2.45, 2.75) is 0 Å². The molecule has 13 rings (SSSR count). The maximum atomic E-state index is 6.32. The van der Waals surface area contributed by atoms with E-state index in [-0.39, 0.29) is 0 Å². The topological polar surface area (TPSA) is 21.3 Å². The molecule has 0 N–H and O–H groups in total. The lowest BCUT2D eigenvalue weighted by atomic mass is 9.95. The Labute approximate surface area is 376 Å². The molecule has 0 fully saturated rings. The molecular formula is C62H40N2O. The quantitative estimate of drug-likeness (QED) is 0.160. The monoisotopic (exact) mass is 828 g/mol. The molecule has 0 aliphatic carbocycles. The first-order valence-corrected chi connectivity index (χ1v) is 22.2. The Kier molecular flexibility index (Phi) is 8.53. The molecule has 13 aromatic rings. The fourth-order valence-corrected chi connectivity index (χ4v) is 10.1. The van der Waals surface area contributed by atoms with E-state index in [9.17, 15) is 0 Å². The first-order valence-electron chi connectivity index (χ1n) is 22.2. The number of benzene rings is 11. The fraction of sp³-hybridized carbons (Fsp3) is 0. The molecule has 0 aliphatic heterocycles. The molecular weight excluding hydrogens is 789 g/mol. The van der Waals surface area contributed by atoms with Crippen molar-refractivity contribution in [3.8, 4) is 39.1 Å². The second kappa shape index (κ2) is 15.0. The molecule has 0 atom stereocenters. The molecule has 3 heteroatoms. The highest BCUT2D eigenvalue weighted by molar-refractivity contribution is 6.11. The van der Waals surface area contributed by atoms with Crippen LogP contribution in [0.15, 0.2) is 247 Å². The van der Waals surface area contributed by atoms with E-state index in [1.807, 2.05) is 12.1 Å². The zero-order valence-corrected chi connectivity index (χ0v) is 35.4. The molecule has 0 amide bonds. The number of aromatic nitrogens is 1. The lowest BCUT2D eigenvalue weighted by molar-refractivity contribution is 0.669. The van der Waals surface area contributed by atoms with Crippen LogP contribution in [0.5, 0.6) is 0 Å². The van der Waals surface area contributed by atoms with Crippen LogP contribution < -0.4 is 4.90 Å². The number of nitrogens with zero attached hydrogens (tertiary/aromatic N) is 2. The molecule has 2 aromatic heterocycles. The van der Waals surface area contributed by atoms with E-state index in [1.165, 1.54) is 54.5 Å². The van der Waals surface area contributed by atoms with Gasteiger partial charge >= 0.3 is 0 Å². The van der Waals surface area contributed by atoms with Crippen molar-refractivity contribution in [2.24, 2.45) is 0 Å². The number of hydrogen-bond acceptors (Lipinski definition) is 2. The summed E-state index contributed by atoms with van der Waals surface area (Å²) in [5.74, 6) is 0. The molecule has 304 valence electrons. The Bertz CT molecular complexity index is 3940. The molecule has 0 aliphatic rings. The van der Waals surface area contributed by atoms with Crippen LogP contribution >= 0.6 is 0 Å². The summed E-state index contributed by atoms with van der Waals surface area (Å²) in [6, 6.07) is 88.0. The van der Waals surface area contributed by atoms with Crippen LogP contribution in [0, 0.1) is 0 Å². The normalized spacial score (nSPS) is 11.7. The van der Waals surface area contributed by atoms with Gasteiger partial charge in [-0.15, -0.1) is 0 Å². The van der Waals surface area contributed by atoms with E-state index in [0.29, 0.717) is 0 Å². The number of rotatable bonds is 7. The number of fused-ring (bicyclic) bond motifs is 8. The molecule has 0 unspecified atom stereocenters. The van der Waals surface area contributed by atoms with Crippen molar-refractivity contribution in [1.29, 1.82) is 0 Å². The predicted octanol–water partition coefficient (Wildman–Crippen LogP) is 17.5. The smallest absolute Gasteiger partial charge is 0.135 e. The lowest BCUT2D eigenvalue weighted by Crippen LogP contribution is -2.11. The maximum Gasteiger partial charge on any atom is 0.135 e. The summed E-state index contributed by atoms with van der Waals surface area (Å²) >= 11 is 0. The minimum Gasteiger partial charge on any atom is -0.456 e. The Hall–Kier alpha value is -8.66. The Balaban J connectivity index is 1.06. The zero-order valence-electron chi connectivity index (χ0n) is 35.4. The van der Waals surface area contributed by atoms with Crippen LogP contribution in [0.3, 0.4) is 0 Å². The minimum absolute atomic E-state index is 0.884. The average Bonchev–Trinajstić information content (AvgIpc) is 3.92. The maximum absolute atomic E-state index is 6.32. The molecule has 3 nitrogen and oxygen atoms in total. The van der Waals surface area contributed by atoms with Gasteiger partial charge in [-0.05, 0) is 128 Å². The molecule has 0 saturated carbocycles. The molecule has 0 saturated heterocycles. The highest BCUT2D eigenvalue weighted by atomic mass is 16.3. The van der Waals surface area contributed by atoms with E-state index in [0.717, 1.165) is 66.9 Å². The van der Waals surface area contributed by atoms with Crippen LogP contribution in [-0.4, -0.2) is 4.57 Å². The first-order chi connectivity index (χ1) is 32.2. The first kappa shape index (κ1) is 36.9. The number of hydrogen-bond donors (Lipinski definition) is 0. The number of para-hydroxylation sites is 3. The van der Waals surface area contributed by atoms with Crippen LogP contribution in [0.1, 0.15) is 0 Å². The van der Waals surface area contributed by atoms with Gasteiger partial charge in [-0.3, -0.25) is 0 Å². The van der Waals surface area contributed by atoms with E-state index < -0.39 is 0 Å². The summed E-state index contributed by atoms with van der Waals surface area (Å²) in [6.07, 6.45) is 0. The molecule has 11 aromatic carbocycles. The number of furan rings is 1. The van der Waals surface area contributed by atoms with Gasteiger partial charge in [0.25, 0.3) is 0 Å². The van der Waals surface area contributed by atoms with Gasteiger partial charge in [0, 0.05) is 44.0 Å². The Morgan fingerprint density at radius 3 is 1.71 bits per heavy atom. The summed E-state index contributed by atoms with van der Waals surface area (Å²) in [4.78, 5) is 2.44. The summed E-state index contributed by atoms with van der Waals surface area (Å²) in [5.41, 5.74) is 15.4. The second-order valence-electron chi connectivity index (χ2n) is 16.9. The van der Waals surface area contributed by atoms with Gasteiger partial charge in [-0.1, -0.05) is 164 Å². The Morgan fingerprint density at radius 1 is 0.308 bits per heavy atom. The van der Waals surface area contributed by atoms with Crippen LogP contribution in [0.2, 0.25) is 0 Å². The van der Waals surface area contributed by atoms with E-state index in [1.54, 1.807) is 0 Å². The van der Waals surface area contributed by atoms with Crippen molar-refractivity contribution in [1.82, 2.24) is 4.57 Å². The summed E-state index contributed by atoms with van der Waals surface area (Å²) < 4.78 is 8.72. The standard InChI is InChI=1S/C62H40N2O/c1-2-18-48(19-3-1)64-59-25-10-8-22-54(59)55-34-30-45(40-60(55)64)47-36-46(44-31-35-62-57(39-44)56-23-9-11-27-61(56)65-62)37-50(38-47)63(58-26-13-17-42-15-5-7-21-53(42)58)49-32-28-43(29-33-49)52-24-12-16-41-14-4-6-20-51(41)52/h1-40H. The lowest BCUT2D eigenvalue weighted by Gasteiger charge is -2.28. The highest BCUT2D eigenvalue weighted by Gasteiger charge is 2.20. The molecule has 65 heavy (non-hydrogen) atoms. The van der Waals surface area contributed by atoms with Gasteiger partial charge in [-0.25, -0.2) is 0 Å². The summed E-state index contributed by atoms with van der Waals surface area (Å²) in [7, 11) is 0. The third-order valence-corrected chi connectivity index (χ3v) is 13.1. The van der Waals surface area contributed by atoms with Gasteiger partial charge in [0.05, 0.1) is 16.7 Å². The SMILES string of the molecule is c1ccc(-n2c3ccccc3c3ccc(-c4cc(-c5ccc6oc7ccccc7c6c5)cc(N(c5ccc(-c6cccc7ccccc67)cc5)c5cccc6ccccc56)c4)cc32)cc1. The van der Waals surface area contributed by atoms with Gasteiger partial charge in [0.1, 0.15) is 11.2 Å². The van der Waals surface area contributed by atoms with Crippen molar-refractivity contribution < 1.29 is 4.42 Å². The van der Waals surface area contributed by atoms with Crippen molar-refractivity contribution in [2.75, 3.05) is 4.90 Å². The second-order valence-corrected chi connectivity index (χ2v) is 16.9. The molecule has 2 heterocycles. The third kappa shape index (κ3) is 6.20. The van der Waals surface area contributed by atoms with Crippen molar-refractivity contribution in [3.05, 3.63) is 243 Å². The van der Waals surface area contributed by atoms with Gasteiger partial charge in [0.2, 0.25) is 0 Å². The summed E-state index contributed by atoms with van der Waals surface area (Å²) in [6.45, 7) is 0. The molecule has 0 spiro atoms. The van der Waals surface area contributed by atoms with Gasteiger partial charge in [0.15, 0.2) is 0 Å². The fourth-order valence-electron chi connectivity index (χ4n) is 10.1. The highest BCUT2D eigenvalue weighted by Crippen LogP contribution is 2.45. The van der Waals surface area contributed by atoms with Gasteiger partial charge < -0.3 is 13.9 Å². The van der Waals surface area contributed by atoms with E-state index in [2.05, 4.69) is 240 Å². The van der Waals surface area contributed by atoms with Gasteiger partial charge in [-0.2, -0.15) is 0 Å². The van der Waals surface area contributed by atoms with Crippen LogP contribution in [0.4, 0.5) is 17.1 Å². The summed E-state index contributed by atoms with van der Waals surface area (Å²) in [5, 5.41) is 9.54. The largest absolute Gasteiger partial charge is 0.456 e. The minimum atomic E-state index is 0.884. The van der Waals surface area contributed by atoms with Crippen molar-refractivity contribution >= 4 is 82.4 Å². The number of anilines is 3. The molecule has 0 radical (unpaired) electrons. The van der Waals surface area contributed by atoms with E-state index in [4.69, 9.17) is 4.42 Å². The third-order valence-electron chi connectivity index (χ3n) is 13.1. The predicted molar refractivity (Wildman–Crippen MR) is 274 cm³/mol. The zero-order chi connectivity index (χ0) is 42.8. The van der Waals surface area contributed by atoms with Crippen LogP contribution in [0.25, 0.3) is 104 Å². The average molecular weight is 829 g/mol. The Morgan fingerprint density at radius 2 is 0.892 bits per heavy atom. The molecule has 0 bridgehead atoms. The van der Waals surface area contributed by atoms with Crippen LogP contribution in [-0.2, 0) is 0 Å². The van der Waals surface area contributed by atoms with Crippen molar-refractivity contribution in [3.63, 3.8) is 0 Å².